The number of hydrogen-bond donors (Lipinski definition) is 2. The minimum absolute atomic E-state index is 0.725. The Hall–Kier alpha value is -1.60. The van der Waals surface area contributed by atoms with Gasteiger partial charge in [-0.2, -0.15) is 8.78 Å². The molecule has 0 saturated carbocycles. The van der Waals surface area contributed by atoms with Crippen LogP contribution in [0.15, 0.2) is 0 Å². The zero-order valence-electron chi connectivity index (χ0n) is 8.70. The van der Waals surface area contributed by atoms with Crippen molar-refractivity contribution in [1.29, 1.82) is 0 Å². The lowest BCUT2D eigenvalue weighted by atomic mass is 10.0. The average molecular weight is 242 g/mol. The molecule has 0 aliphatic carbocycles. The Labute approximate surface area is 89.8 Å². The summed E-state index contributed by atoms with van der Waals surface area (Å²) in [5.74, 6) is -6.74. The van der Waals surface area contributed by atoms with E-state index in [-0.39, 0.29) is 0 Å². The molecule has 8 heteroatoms. The molecule has 0 aromatic rings. The molecule has 94 valence electrons. The van der Waals surface area contributed by atoms with Gasteiger partial charge in [0.2, 0.25) is 0 Å². The summed E-state index contributed by atoms with van der Waals surface area (Å²) in [4.78, 5) is 20.4. The summed E-state index contributed by atoms with van der Waals surface area (Å²) in [7, 11) is 0. The Balaban J connectivity index is 5.12. The van der Waals surface area contributed by atoms with Crippen LogP contribution < -0.4 is 0 Å². The van der Waals surface area contributed by atoms with Crippen LogP contribution in [-0.4, -0.2) is 34.2 Å². The second-order valence-corrected chi connectivity index (χ2v) is 2.90. The number of carbonyl (C=O) groups is 2. The van der Waals surface area contributed by atoms with Crippen molar-refractivity contribution >= 4 is 12.3 Å². The Morgan fingerprint density at radius 2 is 1.25 bits per heavy atom. The van der Waals surface area contributed by atoms with E-state index in [2.05, 4.69) is 9.47 Å². The lowest BCUT2D eigenvalue weighted by Crippen LogP contribution is -2.52. The van der Waals surface area contributed by atoms with Crippen molar-refractivity contribution in [3.63, 3.8) is 0 Å². The molecular formula is C8H12F2O6. The summed E-state index contributed by atoms with van der Waals surface area (Å²) in [6.07, 6.45) is -5.57. The predicted molar refractivity (Wildman–Crippen MR) is 46.5 cm³/mol. The molecule has 2 N–H and O–H groups in total. The van der Waals surface area contributed by atoms with Crippen molar-refractivity contribution < 1.29 is 38.1 Å². The maximum absolute atomic E-state index is 13.8. The van der Waals surface area contributed by atoms with Gasteiger partial charge in [-0.15, -0.1) is 0 Å². The second kappa shape index (κ2) is 4.95. The van der Waals surface area contributed by atoms with Gasteiger partial charge in [0.15, 0.2) is 0 Å². The van der Waals surface area contributed by atoms with Crippen LogP contribution in [0, 0.1) is 0 Å². The normalized spacial score (nSPS) is 18.0. The average Bonchev–Trinajstić information content (AvgIpc) is 2.15. The topological polar surface area (TPSA) is 93.1 Å². The lowest BCUT2D eigenvalue weighted by Gasteiger charge is -2.34. The fourth-order valence-electron chi connectivity index (χ4n) is 1.10. The Morgan fingerprint density at radius 3 is 1.38 bits per heavy atom. The second-order valence-electron chi connectivity index (χ2n) is 2.90. The van der Waals surface area contributed by atoms with E-state index in [9.17, 15) is 18.4 Å². The van der Waals surface area contributed by atoms with Crippen molar-refractivity contribution in [3.05, 3.63) is 0 Å². The van der Waals surface area contributed by atoms with Gasteiger partial charge in [0.25, 0.3) is 0 Å². The molecule has 0 saturated heterocycles. The first kappa shape index (κ1) is 14.4. The van der Waals surface area contributed by atoms with Crippen LogP contribution in [-0.2, 0) is 9.47 Å². The molecule has 0 heterocycles. The Bertz CT molecular complexity index is 256. The molecule has 0 aromatic carbocycles. The van der Waals surface area contributed by atoms with E-state index in [0.29, 0.717) is 0 Å². The zero-order chi connectivity index (χ0) is 13.0. The number of halogens is 2. The fourth-order valence-corrected chi connectivity index (χ4v) is 1.10. The molecule has 0 aliphatic heterocycles. The minimum Gasteiger partial charge on any atom is -0.450 e. The van der Waals surface area contributed by atoms with Gasteiger partial charge in [0.05, 0.1) is 0 Å². The van der Waals surface area contributed by atoms with E-state index in [1.54, 1.807) is 0 Å². The number of ether oxygens (including phenoxy) is 2. The first-order valence-corrected chi connectivity index (χ1v) is 4.42. The number of hydrogen-bond acceptors (Lipinski definition) is 4. The molecule has 0 bridgehead atoms. The number of alkyl halides is 2. The van der Waals surface area contributed by atoms with Gasteiger partial charge in [0, 0.05) is 12.8 Å². The van der Waals surface area contributed by atoms with Crippen LogP contribution in [0.3, 0.4) is 0 Å². The fraction of sp³-hybridized carbons (Fsp3) is 0.750. The Morgan fingerprint density at radius 1 is 1.00 bits per heavy atom. The van der Waals surface area contributed by atoms with Crippen molar-refractivity contribution in [2.24, 2.45) is 0 Å². The van der Waals surface area contributed by atoms with E-state index in [0.717, 1.165) is 13.8 Å². The van der Waals surface area contributed by atoms with Crippen molar-refractivity contribution in [2.45, 2.75) is 38.4 Å². The smallest absolute Gasteiger partial charge is 0.450 e. The van der Waals surface area contributed by atoms with Gasteiger partial charge in [0.1, 0.15) is 0 Å². The first-order chi connectivity index (χ1) is 7.20. The molecule has 0 aliphatic rings. The van der Waals surface area contributed by atoms with Crippen molar-refractivity contribution in [2.75, 3.05) is 0 Å². The van der Waals surface area contributed by atoms with Gasteiger partial charge >= 0.3 is 24.0 Å². The van der Waals surface area contributed by atoms with E-state index in [4.69, 9.17) is 10.2 Å². The van der Waals surface area contributed by atoms with Crippen LogP contribution in [0.5, 0.6) is 0 Å². The zero-order valence-corrected chi connectivity index (χ0v) is 8.70. The molecule has 0 aromatic heterocycles. The van der Waals surface area contributed by atoms with Gasteiger partial charge < -0.3 is 19.7 Å². The van der Waals surface area contributed by atoms with Gasteiger partial charge in [-0.1, -0.05) is 13.8 Å². The van der Waals surface area contributed by atoms with Gasteiger partial charge in [-0.25, -0.2) is 9.59 Å². The molecule has 0 rings (SSSR count). The van der Waals surface area contributed by atoms with Crippen LogP contribution in [0.1, 0.15) is 26.7 Å². The van der Waals surface area contributed by atoms with Crippen LogP contribution >= 0.6 is 0 Å². The molecule has 0 fully saturated rings. The third kappa shape index (κ3) is 2.94. The maximum Gasteiger partial charge on any atom is 0.508 e. The summed E-state index contributed by atoms with van der Waals surface area (Å²) >= 11 is 0. The molecule has 16 heavy (non-hydrogen) atoms. The number of rotatable bonds is 5. The molecular weight excluding hydrogens is 230 g/mol. The highest BCUT2D eigenvalue weighted by Crippen LogP contribution is 2.39. The summed E-state index contributed by atoms with van der Waals surface area (Å²) in [6.45, 7) is 2.19. The first-order valence-electron chi connectivity index (χ1n) is 4.42. The van der Waals surface area contributed by atoms with E-state index in [1.165, 1.54) is 0 Å². The summed E-state index contributed by atoms with van der Waals surface area (Å²) < 4.78 is 35.1. The van der Waals surface area contributed by atoms with E-state index >= 15 is 0 Å². The third-order valence-electron chi connectivity index (χ3n) is 1.97. The molecule has 2 unspecified atom stereocenters. The minimum atomic E-state index is -3.37. The highest BCUT2D eigenvalue weighted by molar-refractivity contribution is 5.59. The summed E-state index contributed by atoms with van der Waals surface area (Å²) in [5.41, 5.74) is 0. The van der Waals surface area contributed by atoms with Gasteiger partial charge in [-0.05, 0) is 0 Å². The molecule has 2 atom stereocenters. The summed E-state index contributed by atoms with van der Waals surface area (Å²) in [5, 5.41) is 16.5. The Kier molecular flexibility index (Phi) is 4.46. The molecule has 0 radical (unpaired) electrons. The monoisotopic (exact) mass is 242 g/mol. The highest BCUT2D eigenvalue weighted by atomic mass is 19.2. The maximum atomic E-state index is 13.8. The number of carboxylic acid groups (broad SMARTS) is 2. The largest absolute Gasteiger partial charge is 0.508 e. The van der Waals surface area contributed by atoms with E-state index in [1.807, 2.05) is 0 Å². The standard InChI is InChI=1S/C8H12F2O6/c1-3-7(9,15-5(11)12)8(10,4-2)16-6(13)14/h3-4H2,1-2H3,(H,11,12)(H,13,14). The highest BCUT2D eigenvalue weighted by Gasteiger charge is 2.58. The molecule has 0 amide bonds. The van der Waals surface area contributed by atoms with Gasteiger partial charge in [-0.3, -0.25) is 0 Å². The molecule has 6 nitrogen and oxygen atoms in total. The van der Waals surface area contributed by atoms with E-state index < -0.39 is 36.9 Å². The van der Waals surface area contributed by atoms with Crippen LogP contribution in [0.25, 0.3) is 0 Å². The quantitative estimate of drug-likeness (QED) is 0.719. The van der Waals surface area contributed by atoms with Crippen LogP contribution in [0.2, 0.25) is 0 Å². The predicted octanol–water partition coefficient (Wildman–Crippen LogP) is 2.53. The van der Waals surface area contributed by atoms with Crippen LogP contribution in [0.4, 0.5) is 18.4 Å². The van der Waals surface area contributed by atoms with Crippen molar-refractivity contribution in [1.82, 2.24) is 0 Å². The lowest BCUT2D eigenvalue weighted by molar-refractivity contribution is -0.293. The summed E-state index contributed by atoms with van der Waals surface area (Å²) in [6, 6.07) is 0. The van der Waals surface area contributed by atoms with Crippen molar-refractivity contribution in [3.8, 4) is 0 Å². The third-order valence-corrected chi connectivity index (χ3v) is 1.97. The molecule has 0 spiro atoms. The SMILES string of the molecule is CCC(F)(OC(=O)O)C(F)(CC)OC(=O)O.